The monoisotopic (exact) mass is 382 g/mol. The summed E-state index contributed by atoms with van der Waals surface area (Å²) in [4.78, 5) is 19.2. The molecule has 8 nitrogen and oxygen atoms in total. The van der Waals surface area contributed by atoms with E-state index >= 15 is 0 Å². The fraction of sp³-hybridized carbons (Fsp3) is 0.450. The number of nitrogens with one attached hydrogen (secondary N) is 2. The van der Waals surface area contributed by atoms with E-state index in [0.29, 0.717) is 23.4 Å². The molecule has 0 spiro atoms. The lowest BCUT2D eigenvalue weighted by atomic mass is 9.94. The zero-order valence-electron chi connectivity index (χ0n) is 16.5. The van der Waals surface area contributed by atoms with Crippen LogP contribution in [0.2, 0.25) is 0 Å². The van der Waals surface area contributed by atoms with Crippen molar-refractivity contribution in [1.29, 1.82) is 0 Å². The predicted molar refractivity (Wildman–Crippen MR) is 110 cm³/mol. The lowest BCUT2D eigenvalue weighted by molar-refractivity contribution is 0.395. The van der Waals surface area contributed by atoms with Gasteiger partial charge in [-0.25, -0.2) is 4.98 Å². The fourth-order valence-electron chi connectivity index (χ4n) is 3.79. The Morgan fingerprint density at radius 3 is 2.68 bits per heavy atom. The summed E-state index contributed by atoms with van der Waals surface area (Å²) in [6.07, 6.45) is 7.88. The van der Waals surface area contributed by atoms with Gasteiger partial charge >= 0.3 is 0 Å². The van der Waals surface area contributed by atoms with E-state index in [0.717, 1.165) is 22.8 Å². The lowest BCUT2D eigenvalue weighted by Crippen LogP contribution is -2.34. The second-order valence-corrected chi connectivity index (χ2v) is 7.07. The number of rotatable bonds is 6. The molecule has 8 heteroatoms. The Balaban J connectivity index is 1.68. The second kappa shape index (κ2) is 7.92. The van der Waals surface area contributed by atoms with Gasteiger partial charge in [0.05, 0.1) is 26.2 Å². The maximum atomic E-state index is 5.48. The molecule has 0 atom stereocenters. The molecule has 1 aliphatic rings. The summed E-state index contributed by atoms with van der Waals surface area (Å²) in [6.45, 7) is 0. The highest BCUT2D eigenvalue weighted by atomic mass is 16.5. The molecule has 0 saturated heterocycles. The van der Waals surface area contributed by atoms with E-state index in [2.05, 4.69) is 32.2 Å². The molecule has 1 saturated carbocycles. The first-order chi connectivity index (χ1) is 13.7. The van der Waals surface area contributed by atoms with E-state index in [4.69, 9.17) is 14.5 Å². The molecule has 2 heterocycles. The van der Waals surface area contributed by atoms with Gasteiger partial charge in [-0.1, -0.05) is 19.3 Å². The molecule has 1 aromatic carbocycles. The van der Waals surface area contributed by atoms with Gasteiger partial charge in [-0.05, 0) is 25.0 Å². The SMILES string of the molecule is COc1ccc(Nc2nc(N(C)C3CCCCC3)c3[nH]cnc3n2)c(OC)c1. The Labute approximate surface area is 164 Å². The van der Waals surface area contributed by atoms with Gasteiger partial charge in [-0.2, -0.15) is 9.97 Å². The zero-order valence-corrected chi connectivity index (χ0v) is 16.5. The van der Waals surface area contributed by atoms with Crippen LogP contribution in [0.1, 0.15) is 32.1 Å². The van der Waals surface area contributed by atoms with Crippen molar-refractivity contribution < 1.29 is 9.47 Å². The minimum absolute atomic E-state index is 0.485. The van der Waals surface area contributed by atoms with Crippen LogP contribution in [0.4, 0.5) is 17.5 Å². The van der Waals surface area contributed by atoms with E-state index in [1.54, 1.807) is 20.5 Å². The van der Waals surface area contributed by atoms with Crippen LogP contribution in [0, 0.1) is 0 Å². The van der Waals surface area contributed by atoms with Gasteiger partial charge in [0.2, 0.25) is 5.95 Å². The number of H-pyrrole nitrogens is 1. The highest BCUT2D eigenvalue weighted by Gasteiger charge is 2.23. The van der Waals surface area contributed by atoms with Crippen LogP contribution in [0.3, 0.4) is 0 Å². The zero-order chi connectivity index (χ0) is 19.5. The number of imidazole rings is 1. The first kappa shape index (κ1) is 18.3. The topological polar surface area (TPSA) is 88.2 Å². The number of hydrogen-bond acceptors (Lipinski definition) is 7. The van der Waals surface area contributed by atoms with Crippen LogP contribution in [-0.2, 0) is 0 Å². The summed E-state index contributed by atoms with van der Waals surface area (Å²) in [7, 11) is 5.36. The number of fused-ring (bicyclic) bond motifs is 1. The third kappa shape index (κ3) is 3.54. The fourth-order valence-corrected chi connectivity index (χ4v) is 3.79. The average Bonchev–Trinajstić information content (AvgIpc) is 3.22. The number of methoxy groups -OCH3 is 2. The van der Waals surface area contributed by atoms with Gasteiger partial charge < -0.3 is 24.7 Å². The molecule has 2 aromatic heterocycles. The molecular formula is C20H26N6O2. The first-order valence-electron chi connectivity index (χ1n) is 9.62. The molecule has 0 bridgehead atoms. The number of aromatic amines is 1. The Bertz CT molecular complexity index is 951. The van der Waals surface area contributed by atoms with Crippen molar-refractivity contribution in [1.82, 2.24) is 19.9 Å². The van der Waals surface area contributed by atoms with Gasteiger partial charge in [0, 0.05) is 19.2 Å². The van der Waals surface area contributed by atoms with E-state index < -0.39 is 0 Å². The number of anilines is 3. The Morgan fingerprint density at radius 2 is 1.93 bits per heavy atom. The van der Waals surface area contributed by atoms with Gasteiger partial charge in [-0.3, -0.25) is 0 Å². The third-order valence-corrected chi connectivity index (χ3v) is 5.38. The van der Waals surface area contributed by atoms with Crippen molar-refractivity contribution >= 4 is 28.6 Å². The molecule has 0 amide bonds. The van der Waals surface area contributed by atoms with Crippen molar-refractivity contribution in [3.63, 3.8) is 0 Å². The van der Waals surface area contributed by atoms with Gasteiger partial charge in [-0.15, -0.1) is 0 Å². The van der Waals surface area contributed by atoms with Gasteiger partial charge in [0.25, 0.3) is 0 Å². The largest absolute Gasteiger partial charge is 0.497 e. The standard InChI is InChI=1S/C20H26N6O2/c1-26(13-7-5-4-6-8-13)19-17-18(22-12-21-17)24-20(25-19)23-15-10-9-14(27-2)11-16(15)28-3/h9-13H,4-8H2,1-3H3,(H2,21,22,23,24,25). The molecule has 148 valence electrons. The number of benzene rings is 1. The summed E-state index contributed by atoms with van der Waals surface area (Å²) in [5.41, 5.74) is 2.27. The van der Waals surface area contributed by atoms with Crippen LogP contribution < -0.4 is 19.7 Å². The molecule has 1 aliphatic carbocycles. The van der Waals surface area contributed by atoms with Crippen LogP contribution in [0.15, 0.2) is 24.5 Å². The van der Waals surface area contributed by atoms with Crippen molar-refractivity contribution in [2.75, 3.05) is 31.5 Å². The normalized spacial score (nSPS) is 14.8. The number of nitrogens with zero attached hydrogens (tertiary/aromatic N) is 4. The highest BCUT2D eigenvalue weighted by Crippen LogP contribution is 2.33. The van der Waals surface area contributed by atoms with Crippen LogP contribution >= 0.6 is 0 Å². The summed E-state index contributed by atoms with van der Waals surface area (Å²) >= 11 is 0. The number of hydrogen-bond donors (Lipinski definition) is 2. The molecule has 28 heavy (non-hydrogen) atoms. The third-order valence-electron chi connectivity index (χ3n) is 5.38. The van der Waals surface area contributed by atoms with Crippen molar-refractivity contribution in [2.24, 2.45) is 0 Å². The number of aromatic nitrogens is 4. The minimum atomic E-state index is 0.485. The predicted octanol–water partition coefficient (Wildman–Crippen LogP) is 3.88. The summed E-state index contributed by atoms with van der Waals surface area (Å²) < 4.78 is 10.7. The summed E-state index contributed by atoms with van der Waals surface area (Å²) in [5, 5.41) is 3.27. The molecule has 1 fully saturated rings. The molecule has 0 aliphatic heterocycles. The Kier molecular flexibility index (Phi) is 5.18. The van der Waals surface area contributed by atoms with Crippen molar-refractivity contribution in [3.8, 4) is 11.5 Å². The summed E-state index contributed by atoms with van der Waals surface area (Å²) in [6, 6.07) is 6.07. The van der Waals surface area contributed by atoms with E-state index in [9.17, 15) is 0 Å². The van der Waals surface area contributed by atoms with E-state index in [-0.39, 0.29) is 0 Å². The molecular weight excluding hydrogens is 356 g/mol. The van der Waals surface area contributed by atoms with E-state index in [1.165, 1.54) is 32.1 Å². The van der Waals surface area contributed by atoms with Crippen LogP contribution in [0.5, 0.6) is 11.5 Å². The maximum absolute atomic E-state index is 5.48. The maximum Gasteiger partial charge on any atom is 0.231 e. The molecule has 4 rings (SSSR count). The van der Waals surface area contributed by atoms with Gasteiger partial charge in [0.1, 0.15) is 17.0 Å². The molecule has 3 aromatic rings. The minimum Gasteiger partial charge on any atom is -0.497 e. The van der Waals surface area contributed by atoms with E-state index in [1.807, 2.05) is 18.2 Å². The average molecular weight is 382 g/mol. The quantitative estimate of drug-likeness (QED) is 0.669. The Hall–Kier alpha value is -3.03. The Morgan fingerprint density at radius 1 is 1.11 bits per heavy atom. The summed E-state index contributed by atoms with van der Waals surface area (Å²) in [5.74, 6) is 2.74. The molecule has 0 unspecified atom stereocenters. The lowest BCUT2D eigenvalue weighted by Gasteiger charge is -2.32. The van der Waals surface area contributed by atoms with Crippen molar-refractivity contribution in [2.45, 2.75) is 38.1 Å². The van der Waals surface area contributed by atoms with Gasteiger partial charge in [0.15, 0.2) is 11.5 Å². The second-order valence-electron chi connectivity index (χ2n) is 7.07. The van der Waals surface area contributed by atoms with Crippen LogP contribution in [-0.4, -0.2) is 47.2 Å². The number of ether oxygens (including phenoxy) is 2. The first-order valence-corrected chi connectivity index (χ1v) is 9.62. The van der Waals surface area contributed by atoms with Crippen LogP contribution in [0.25, 0.3) is 11.2 Å². The van der Waals surface area contributed by atoms with Crippen molar-refractivity contribution in [3.05, 3.63) is 24.5 Å². The highest BCUT2D eigenvalue weighted by molar-refractivity contribution is 5.85. The smallest absolute Gasteiger partial charge is 0.231 e. The molecule has 0 radical (unpaired) electrons. The molecule has 2 N–H and O–H groups in total.